The lowest BCUT2D eigenvalue weighted by atomic mass is 10.4. The standard InChI is InChI=1S/2C6H7BrSi.C2H8Si/c2*7-5-1-3-6(8)4-2-5;1-3-2/h2*1-4H,8H3;3H2,1-2H3. The Bertz CT molecular complexity index is 356. The zero-order valence-corrected chi connectivity index (χ0v) is 20.7. The molecule has 2 rings (SSSR count). The van der Waals surface area contributed by atoms with E-state index in [-0.39, 0.29) is 0 Å². The van der Waals surface area contributed by atoms with Crippen molar-refractivity contribution in [2.45, 2.75) is 13.1 Å². The van der Waals surface area contributed by atoms with E-state index in [4.69, 9.17) is 0 Å². The van der Waals surface area contributed by atoms with Crippen LogP contribution in [0.25, 0.3) is 0 Å². The molecular formula is C14H22Br2Si3. The molecule has 104 valence electrons. The summed E-state index contributed by atoms with van der Waals surface area (Å²) in [6, 6.07) is 16.8. The number of benzene rings is 2. The van der Waals surface area contributed by atoms with Gasteiger partial charge in [-0.3, -0.25) is 0 Å². The molecule has 0 nitrogen and oxygen atoms in total. The van der Waals surface area contributed by atoms with Crippen LogP contribution in [0.2, 0.25) is 13.1 Å². The van der Waals surface area contributed by atoms with Gasteiger partial charge in [0.1, 0.15) is 0 Å². The first-order chi connectivity index (χ1) is 8.99. The van der Waals surface area contributed by atoms with Crippen LogP contribution in [0.4, 0.5) is 0 Å². The fourth-order valence-electron chi connectivity index (χ4n) is 1.07. The first-order valence-electron chi connectivity index (χ1n) is 6.43. The van der Waals surface area contributed by atoms with Crippen LogP contribution in [0.5, 0.6) is 0 Å². The van der Waals surface area contributed by atoms with Crippen molar-refractivity contribution >= 4 is 72.2 Å². The smallest absolute Gasteiger partial charge is 0.0384 e. The van der Waals surface area contributed by atoms with E-state index in [2.05, 4.69) is 93.5 Å². The zero-order chi connectivity index (χ0) is 14.7. The number of hydrogen-bond acceptors (Lipinski definition) is 0. The first kappa shape index (κ1) is 19.1. The molecule has 0 radical (unpaired) electrons. The maximum atomic E-state index is 3.36. The molecule has 0 unspecified atom stereocenters. The highest BCUT2D eigenvalue weighted by Gasteiger charge is 1.82. The lowest BCUT2D eigenvalue weighted by Gasteiger charge is -1.88. The Labute approximate surface area is 142 Å². The van der Waals surface area contributed by atoms with E-state index < -0.39 is 0 Å². The molecule has 2 aromatic carbocycles. The third-order valence-electron chi connectivity index (χ3n) is 2.02. The van der Waals surface area contributed by atoms with E-state index in [9.17, 15) is 0 Å². The lowest BCUT2D eigenvalue weighted by Crippen LogP contribution is -1.97. The van der Waals surface area contributed by atoms with E-state index in [1.54, 1.807) is 0 Å². The van der Waals surface area contributed by atoms with Gasteiger partial charge in [0, 0.05) is 38.9 Å². The molecule has 0 saturated carbocycles. The Morgan fingerprint density at radius 3 is 1.05 bits per heavy atom. The van der Waals surface area contributed by atoms with E-state index >= 15 is 0 Å². The number of hydrogen-bond donors (Lipinski definition) is 0. The maximum Gasteiger partial charge on any atom is 0.0384 e. The predicted molar refractivity (Wildman–Crippen MR) is 108 cm³/mol. The molecule has 0 aliphatic rings. The van der Waals surface area contributed by atoms with Crippen LogP contribution in [0.3, 0.4) is 0 Å². The van der Waals surface area contributed by atoms with Gasteiger partial charge < -0.3 is 0 Å². The molecule has 0 spiro atoms. The predicted octanol–water partition coefficient (Wildman–Crippen LogP) is 1.13. The van der Waals surface area contributed by atoms with E-state index in [0.717, 1.165) is 29.4 Å². The summed E-state index contributed by atoms with van der Waals surface area (Å²) in [7, 11) is 2.72. The molecule has 0 atom stereocenters. The van der Waals surface area contributed by atoms with Gasteiger partial charge in [-0.1, -0.05) is 79.6 Å². The normalized spacial score (nSPS) is 9.05. The molecule has 0 N–H and O–H groups in total. The molecular weight excluding hydrogens is 412 g/mol. The molecule has 19 heavy (non-hydrogen) atoms. The van der Waals surface area contributed by atoms with Crippen LogP contribution in [-0.4, -0.2) is 30.0 Å². The summed E-state index contributed by atoms with van der Waals surface area (Å²) < 4.78 is 2.33. The van der Waals surface area contributed by atoms with Crippen molar-refractivity contribution in [1.82, 2.24) is 0 Å². The highest BCUT2D eigenvalue weighted by atomic mass is 79.9. The van der Waals surface area contributed by atoms with Crippen LogP contribution in [0.15, 0.2) is 57.5 Å². The quantitative estimate of drug-likeness (QED) is 0.546. The zero-order valence-electron chi connectivity index (χ0n) is 12.1. The molecule has 5 heteroatoms. The van der Waals surface area contributed by atoms with Crippen LogP contribution in [0, 0.1) is 0 Å². The fourth-order valence-corrected chi connectivity index (χ4v) is 2.26. The molecule has 0 aliphatic carbocycles. The van der Waals surface area contributed by atoms with Gasteiger partial charge in [0.05, 0.1) is 0 Å². The van der Waals surface area contributed by atoms with E-state index in [0.29, 0.717) is 9.52 Å². The second kappa shape index (κ2) is 11.8. The summed E-state index contributed by atoms with van der Waals surface area (Å²) in [6.45, 7) is 4.53. The minimum Gasteiger partial charge on any atom is -0.0750 e. The largest absolute Gasteiger partial charge is 0.0750 e. The second-order valence-electron chi connectivity index (χ2n) is 4.30. The summed E-state index contributed by atoms with van der Waals surface area (Å²) >= 11 is 6.72. The Morgan fingerprint density at radius 1 is 0.684 bits per heavy atom. The molecule has 0 saturated heterocycles. The Kier molecular flexibility index (Phi) is 11.9. The molecule has 0 aliphatic heterocycles. The van der Waals surface area contributed by atoms with Gasteiger partial charge in [-0.05, 0) is 24.3 Å². The Hall–Kier alpha value is 0.0506. The summed E-state index contributed by atoms with van der Waals surface area (Å²) in [5.74, 6) is 0. The summed E-state index contributed by atoms with van der Waals surface area (Å²) in [5.41, 5.74) is 0. The lowest BCUT2D eigenvalue weighted by molar-refractivity contribution is 1.70. The van der Waals surface area contributed by atoms with E-state index in [1.165, 1.54) is 10.4 Å². The molecule has 2 aromatic rings. The fraction of sp³-hybridized carbons (Fsp3) is 0.143. The van der Waals surface area contributed by atoms with Gasteiger partial charge in [-0.2, -0.15) is 0 Å². The van der Waals surface area contributed by atoms with Gasteiger partial charge in [0.2, 0.25) is 0 Å². The van der Waals surface area contributed by atoms with Gasteiger partial charge >= 0.3 is 0 Å². The van der Waals surface area contributed by atoms with Gasteiger partial charge in [0.15, 0.2) is 0 Å². The van der Waals surface area contributed by atoms with Crippen molar-refractivity contribution < 1.29 is 0 Å². The monoisotopic (exact) mass is 432 g/mol. The van der Waals surface area contributed by atoms with Crippen LogP contribution < -0.4 is 10.4 Å². The highest BCUT2D eigenvalue weighted by Crippen LogP contribution is 2.04. The van der Waals surface area contributed by atoms with Crippen molar-refractivity contribution in [3.8, 4) is 0 Å². The van der Waals surface area contributed by atoms with Crippen molar-refractivity contribution in [3.05, 3.63) is 57.5 Å². The molecule has 0 bridgehead atoms. The minimum atomic E-state index is 0.417. The summed E-state index contributed by atoms with van der Waals surface area (Å²) in [4.78, 5) is 0. The van der Waals surface area contributed by atoms with Crippen LogP contribution >= 0.6 is 31.9 Å². The van der Waals surface area contributed by atoms with Gasteiger partial charge in [0.25, 0.3) is 0 Å². The Balaban J connectivity index is 0.000000284. The van der Waals surface area contributed by atoms with E-state index in [1.807, 2.05) is 0 Å². The van der Waals surface area contributed by atoms with Gasteiger partial charge in [-0.25, -0.2) is 0 Å². The van der Waals surface area contributed by atoms with Crippen molar-refractivity contribution in [1.29, 1.82) is 0 Å². The molecule has 0 fully saturated rings. The second-order valence-corrected chi connectivity index (χ2v) is 9.85. The molecule has 0 amide bonds. The highest BCUT2D eigenvalue weighted by molar-refractivity contribution is 9.10. The summed E-state index contributed by atoms with van der Waals surface area (Å²) in [5, 5.41) is 2.88. The third-order valence-corrected chi connectivity index (χ3v) is 4.41. The van der Waals surface area contributed by atoms with Gasteiger partial charge in [-0.15, -0.1) is 0 Å². The molecule has 0 aromatic heterocycles. The summed E-state index contributed by atoms with van der Waals surface area (Å²) in [6.07, 6.45) is 0. The first-order valence-corrected chi connectivity index (χ1v) is 12.8. The topological polar surface area (TPSA) is 0 Å². The number of halogens is 2. The van der Waals surface area contributed by atoms with Crippen molar-refractivity contribution in [2.24, 2.45) is 0 Å². The van der Waals surface area contributed by atoms with Crippen molar-refractivity contribution in [2.75, 3.05) is 0 Å². The maximum absolute atomic E-state index is 3.36. The van der Waals surface area contributed by atoms with Crippen LogP contribution in [-0.2, 0) is 0 Å². The minimum absolute atomic E-state index is 0.417. The van der Waals surface area contributed by atoms with Crippen LogP contribution in [0.1, 0.15) is 0 Å². The molecule has 0 heterocycles. The SMILES string of the molecule is C[SiH2]C.[SiH3]c1ccc(Br)cc1.[SiH3]c1ccc(Br)cc1. The Morgan fingerprint density at radius 2 is 0.895 bits per heavy atom. The average molecular weight is 434 g/mol. The number of rotatable bonds is 0. The third kappa shape index (κ3) is 11.6. The average Bonchev–Trinajstić information content (AvgIpc) is 2.38. The van der Waals surface area contributed by atoms with Crippen molar-refractivity contribution in [3.63, 3.8) is 0 Å².